The summed E-state index contributed by atoms with van der Waals surface area (Å²) in [6.07, 6.45) is 15.1. The molecule has 0 aliphatic heterocycles. The van der Waals surface area contributed by atoms with Crippen LogP contribution in [-0.4, -0.2) is 0 Å². The van der Waals surface area contributed by atoms with Crippen LogP contribution in [0.3, 0.4) is 0 Å². The van der Waals surface area contributed by atoms with Gasteiger partial charge in [-0.3, -0.25) is 0 Å². The van der Waals surface area contributed by atoms with Crippen molar-refractivity contribution in [2.24, 2.45) is 17.3 Å². The highest BCUT2D eigenvalue weighted by Crippen LogP contribution is 2.52. The van der Waals surface area contributed by atoms with Crippen molar-refractivity contribution in [3.8, 4) is 0 Å². The lowest BCUT2D eigenvalue weighted by Gasteiger charge is -2.48. The molecule has 2 atom stereocenters. The Bertz CT molecular complexity index is 190. The lowest BCUT2D eigenvalue weighted by atomic mass is 9.57. The van der Waals surface area contributed by atoms with Gasteiger partial charge in [0, 0.05) is 0 Å². The predicted octanol–water partition coefficient (Wildman–Crippen LogP) is 5.17. The molecule has 2 rings (SSSR count). The van der Waals surface area contributed by atoms with Crippen LogP contribution in [0.1, 0.15) is 78.1 Å². The van der Waals surface area contributed by atoms with Gasteiger partial charge in [0.05, 0.1) is 0 Å². The SMILES string of the molecule is CCC1CCCCC1(C)C1CCCCC1. The molecule has 0 N–H and O–H groups in total. The molecule has 0 radical (unpaired) electrons. The normalized spacial score (nSPS) is 39.2. The van der Waals surface area contributed by atoms with E-state index in [9.17, 15) is 0 Å². The maximum absolute atomic E-state index is 2.62. The van der Waals surface area contributed by atoms with Gasteiger partial charge in [0.1, 0.15) is 0 Å². The van der Waals surface area contributed by atoms with Crippen molar-refractivity contribution in [2.75, 3.05) is 0 Å². The zero-order valence-electron chi connectivity index (χ0n) is 10.7. The fourth-order valence-corrected chi connectivity index (χ4v) is 4.40. The quantitative estimate of drug-likeness (QED) is 0.587. The second-order valence-corrected chi connectivity index (χ2v) is 6.19. The lowest BCUT2D eigenvalue weighted by Crippen LogP contribution is -2.38. The summed E-state index contributed by atoms with van der Waals surface area (Å²) in [6, 6.07) is 0. The van der Waals surface area contributed by atoms with Crippen molar-refractivity contribution in [3.05, 3.63) is 0 Å². The third kappa shape index (κ3) is 2.24. The number of rotatable bonds is 2. The van der Waals surface area contributed by atoms with E-state index in [1.54, 1.807) is 0 Å². The van der Waals surface area contributed by atoms with Crippen LogP contribution in [0.15, 0.2) is 0 Å². The van der Waals surface area contributed by atoms with E-state index >= 15 is 0 Å². The van der Waals surface area contributed by atoms with Crippen molar-refractivity contribution in [1.82, 2.24) is 0 Å². The molecule has 0 heteroatoms. The van der Waals surface area contributed by atoms with Gasteiger partial charge in [-0.25, -0.2) is 0 Å². The van der Waals surface area contributed by atoms with Gasteiger partial charge in [-0.05, 0) is 42.9 Å². The first-order valence-electron chi connectivity index (χ1n) is 7.27. The van der Waals surface area contributed by atoms with Crippen LogP contribution in [0, 0.1) is 17.3 Å². The molecule has 2 saturated carbocycles. The van der Waals surface area contributed by atoms with Crippen LogP contribution in [0.25, 0.3) is 0 Å². The van der Waals surface area contributed by atoms with Gasteiger partial charge < -0.3 is 0 Å². The summed E-state index contributed by atoms with van der Waals surface area (Å²) in [5.74, 6) is 2.10. The summed E-state index contributed by atoms with van der Waals surface area (Å²) in [7, 11) is 0. The second-order valence-electron chi connectivity index (χ2n) is 6.19. The van der Waals surface area contributed by atoms with E-state index in [-0.39, 0.29) is 0 Å². The first kappa shape index (κ1) is 11.5. The topological polar surface area (TPSA) is 0 Å². The standard InChI is InChI=1S/C15H28/c1-3-13-9-7-8-12-15(13,2)14-10-5-4-6-11-14/h13-14H,3-12H2,1-2H3. The summed E-state index contributed by atoms with van der Waals surface area (Å²) < 4.78 is 0. The van der Waals surface area contributed by atoms with Crippen LogP contribution >= 0.6 is 0 Å². The van der Waals surface area contributed by atoms with Crippen LogP contribution < -0.4 is 0 Å². The van der Waals surface area contributed by atoms with Crippen LogP contribution in [0.4, 0.5) is 0 Å². The summed E-state index contributed by atoms with van der Waals surface area (Å²) in [4.78, 5) is 0. The Morgan fingerprint density at radius 3 is 2.27 bits per heavy atom. The second kappa shape index (κ2) is 4.89. The molecule has 2 aliphatic rings. The van der Waals surface area contributed by atoms with Crippen LogP contribution in [0.5, 0.6) is 0 Å². The zero-order chi connectivity index (χ0) is 10.7. The van der Waals surface area contributed by atoms with E-state index in [0.29, 0.717) is 5.41 Å². The highest BCUT2D eigenvalue weighted by Gasteiger charge is 2.41. The fraction of sp³-hybridized carbons (Fsp3) is 1.00. The highest BCUT2D eigenvalue weighted by molar-refractivity contribution is 4.92. The van der Waals surface area contributed by atoms with E-state index in [0.717, 1.165) is 11.8 Å². The van der Waals surface area contributed by atoms with Gasteiger partial charge in [-0.2, -0.15) is 0 Å². The number of hydrogen-bond acceptors (Lipinski definition) is 0. The van der Waals surface area contributed by atoms with Gasteiger partial charge in [0.25, 0.3) is 0 Å². The van der Waals surface area contributed by atoms with Crippen molar-refractivity contribution in [1.29, 1.82) is 0 Å². The molecule has 0 bridgehead atoms. The van der Waals surface area contributed by atoms with E-state index in [1.807, 2.05) is 0 Å². The summed E-state index contributed by atoms with van der Waals surface area (Å²) in [5, 5.41) is 0. The van der Waals surface area contributed by atoms with Gasteiger partial charge in [0.2, 0.25) is 0 Å². The van der Waals surface area contributed by atoms with Crippen molar-refractivity contribution >= 4 is 0 Å². The molecule has 0 heterocycles. The molecule has 0 amide bonds. The van der Waals surface area contributed by atoms with Crippen LogP contribution in [0.2, 0.25) is 0 Å². The monoisotopic (exact) mass is 208 g/mol. The van der Waals surface area contributed by atoms with Gasteiger partial charge in [0.15, 0.2) is 0 Å². The minimum absolute atomic E-state index is 0.716. The zero-order valence-corrected chi connectivity index (χ0v) is 10.7. The molecule has 0 nitrogen and oxygen atoms in total. The first-order valence-corrected chi connectivity index (χ1v) is 7.27. The molecule has 0 aromatic rings. The van der Waals surface area contributed by atoms with Crippen LogP contribution in [-0.2, 0) is 0 Å². The predicted molar refractivity (Wildman–Crippen MR) is 66.9 cm³/mol. The van der Waals surface area contributed by atoms with E-state index in [4.69, 9.17) is 0 Å². The molecule has 2 aliphatic carbocycles. The molecular weight excluding hydrogens is 180 g/mol. The molecule has 0 spiro atoms. The Balaban J connectivity index is 2.06. The largest absolute Gasteiger partial charge is 0.0651 e. The highest BCUT2D eigenvalue weighted by atomic mass is 14.5. The first-order chi connectivity index (χ1) is 7.27. The summed E-state index contributed by atoms with van der Waals surface area (Å²) >= 11 is 0. The van der Waals surface area contributed by atoms with Crippen molar-refractivity contribution in [3.63, 3.8) is 0 Å². The lowest BCUT2D eigenvalue weighted by molar-refractivity contribution is 0.0206. The molecule has 0 aromatic heterocycles. The minimum atomic E-state index is 0.716. The Labute approximate surface area is 95.8 Å². The Morgan fingerprint density at radius 1 is 0.933 bits per heavy atom. The summed E-state index contributed by atoms with van der Waals surface area (Å²) in [5.41, 5.74) is 0.716. The molecule has 15 heavy (non-hydrogen) atoms. The van der Waals surface area contributed by atoms with Gasteiger partial charge >= 0.3 is 0 Å². The Kier molecular flexibility index (Phi) is 3.74. The maximum atomic E-state index is 2.62. The average molecular weight is 208 g/mol. The molecule has 0 aromatic carbocycles. The molecule has 0 saturated heterocycles. The van der Waals surface area contributed by atoms with E-state index in [1.165, 1.54) is 64.2 Å². The van der Waals surface area contributed by atoms with Gasteiger partial charge in [-0.1, -0.05) is 52.4 Å². The Morgan fingerprint density at radius 2 is 1.60 bits per heavy atom. The van der Waals surface area contributed by atoms with Gasteiger partial charge in [-0.15, -0.1) is 0 Å². The van der Waals surface area contributed by atoms with E-state index in [2.05, 4.69) is 13.8 Å². The maximum Gasteiger partial charge on any atom is -0.0269 e. The average Bonchev–Trinajstić information content (AvgIpc) is 2.31. The smallest absolute Gasteiger partial charge is 0.0269 e. The fourth-order valence-electron chi connectivity index (χ4n) is 4.40. The Hall–Kier alpha value is 0. The molecule has 88 valence electrons. The molecular formula is C15H28. The van der Waals surface area contributed by atoms with Crippen molar-refractivity contribution in [2.45, 2.75) is 78.1 Å². The number of hydrogen-bond donors (Lipinski definition) is 0. The molecule has 2 fully saturated rings. The van der Waals surface area contributed by atoms with E-state index < -0.39 is 0 Å². The summed E-state index contributed by atoms with van der Waals surface area (Å²) in [6.45, 7) is 5.04. The third-order valence-corrected chi connectivity index (χ3v) is 5.48. The minimum Gasteiger partial charge on any atom is -0.0651 e. The molecule has 2 unspecified atom stereocenters. The third-order valence-electron chi connectivity index (χ3n) is 5.48. The van der Waals surface area contributed by atoms with Crippen molar-refractivity contribution < 1.29 is 0 Å².